The molecule has 0 spiro atoms. The second kappa shape index (κ2) is 9.16. The first-order chi connectivity index (χ1) is 15.1. The maximum atomic E-state index is 13.0. The second-order valence-corrected chi connectivity index (χ2v) is 7.62. The molecule has 0 radical (unpaired) electrons. The van der Waals surface area contributed by atoms with Crippen molar-refractivity contribution in [3.8, 4) is 5.75 Å². The molecule has 1 fully saturated rings. The molecule has 0 bridgehead atoms. The van der Waals surface area contributed by atoms with Crippen molar-refractivity contribution >= 4 is 22.9 Å². The highest BCUT2D eigenvalue weighted by atomic mass is 16.5. The van der Waals surface area contributed by atoms with Crippen molar-refractivity contribution < 1.29 is 9.53 Å². The van der Waals surface area contributed by atoms with E-state index in [-0.39, 0.29) is 17.4 Å². The number of aryl methyl sites for hydroxylation is 1. The van der Waals surface area contributed by atoms with Crippen LogP contribution in [-0.4, -0.2) is 40.6 Å². The number of nitrogens with zero attached hydrogens (tertiary/aromatic N) is 4. The van der Waals surface area contributed by atoms with Crippen molar-refractivity contribution in [3.63, 3.8) is 0 Å². The first kappa shape index (κ1) is 20.8. The molecule has 31 heavy (non-hydrogen) atoms. The normalized spacial score (nSPS) is 14.6. The molecule has 1 aliphatic heterocycles. The molecule has 2 aromatic heterocycles. The van der Waals surface area contributed by atoms with E-state index in [0.29, 0.717) is 56.0 Å². The van der Waals surface area contributed by atoms with Gasteiger partial charge >= 0.3 is 0 Å². The van der Waals surface area contributed by atoms with Crippen LogP contribution in [0.1, 0.15) is 25.3 Å². The van der Waals surface area contributed by atoms with Crippen LogP contribution in [0.2, 0.25) is 0 Å². The number of nitrogens with one attached hydrogen (secondary N) is 1. The summed E-state index contributed by atoms with van der Waals surface area (Å²) in [5.41, 5.74) is 2.12. The minimum atomic E-state index is -0.132. The van der Waals surface area contributed by atoms with Crippen LogP contribution in [0.4, 0.5) is 5.82 Å². The van der Waals surface area contributed by atoms with Crippen LogP contribution >= 0.6 is 0 Å². The quantitative estimate of drug-likeness (QED) is 0.657. The van der Waals surface area contributed by atoms with Crippen molar-refractivity contribution in [2.24, 2.45) is 5.92 Å². The number of anilines is 1. The highest BCUT2D eigenvalue weighted by molar-refractivity contribution is 5.79. The van der Waals surface area contributed by atoms with Crippen molar-refractivity contribution in [2.45, 2.75) is 32.9 Å². The molecule has 0 saturated carbocycles. The van der Waals surface area contributed by atoms with Crippen molar-refractivity contribution in [2.75, 3.05) is 25.1 Å². The SMILES string of the molecule is CCn1c(=O)c(N2CCC(C(=O)NCc3ccccc3OC)CC2)nc2cccnc21. The van der Waals surface area contributed by atoms with Crippen molar-refractivity contribution in [3.05, 3.63) is 58.5 Å². The van der Waals surface area contributed by atoms with Crippen LogP contribution in [0, 0.1) is 5.92 Å². The summed E-state index contributed by atoms with van der Waals surface area (Å²) in [5.74, 6) is 1.16. The zero-order chi connectivity index (χ0) is 21.8. The lowest BCUT2D eigenvalue weighted by atomic mass is 9.96. The number of carbonyl (C=O) groups excluding carboxylic acids is 1. The molecule has 8 heteroatoms. The summed E-state index contributed by atoms with van der Waals surface area (Å²) in [6.45, 7) is 4.12. The lowest BCUT2D eigenvalue weighted by Crippen LogP contribution is -2.43. The summed E-state index contributed by atoms with van der Waals surface area (Å²) in [7, 11) is 1.62. The third kappa shape index (κ3) is 4.23. The number of amides is 1. The Bertz CT molecular complexity index is 1140. The van der Waals surface area contributed by atoms with E-state index in [1.54, 1.807) is 17.9 Å². The van der Waals surface area contributed by atoms with Crippen LogP contribution in [0.15, 0.2) is 47.4 Å². The van der Waals surface area contributed by atoms with Gasteiger partial charge in [0.05, 0.1) is 7.11 Å². The number of fused-ring (bicyclic) bond motifs is 1. The lowest BCUT2D eigenvalue weighted by molar-refractivity contribution is -0.125. The third-order valence-electron chi connectivity index (χ3n) is 5.81. The number of hydrogen-bond acceptors (Lipinski definition) is 6. The van der Waals surface area contributed by atoms with Crippen LogP contribution in [-0.2, 0) is 17.9 Å². The van der Waals surface area contributed by atoms with E-state index in [1.807, 2.05) is 48.2 Å². The van der Waals surface area contributed by atoms with Crippen molar-refractivity contribution in [1.82, 2.24) is 19.9 Å². The summed E-state index contributed by atoms with van der Waals surface area (Å²) >= 11 is 0. The summed E-state index contributed by atoms with van der Waals surface area (Å²) in [4.78, 5) is 36.6. The molecule has 1 N–H and O–H groups in total. The minimum Gasteiger partial charge on any atom is -0.496 e. The molecule has 4 rings (SSSR count). The molecule has 8 nitrogen and oxygen atoms in total. The number of piperidine rings is 1. The minimum absolute atomic E-state index is 0.0344. The number of ether oxygens (including phenoxy) is 1. The fourth-order valence-electron chi connectivity index (χ4n) is 4.09. The van der Waals surface area contributed by atoms with E-state index >= 15 is 0 Å². The number of benzene rings is 1. The lowest BCUT2D eigenvalue weighted by Gasteiger charge is -2.32. The maximum Gasteiger partial charge on any atom is 0.295 e. The average Bonchev–Trinajstić information content (AvgIpc) is 2.82. The number of hydrogen-bond donors (Lipinski definition) is 1. The average molecular weight is 422 g/mol. The van der Waals surface area contributed by atoms with Crippen LogP contribution in [0.5, 0.6) is 5.75 Å². The molecule has 162 valence electrons. The van der Waals surface area contributed by atoms with Gasteiger partial charge in [-0.25, -0.2) is 9.97 Å². The number of para-hydroxylation sites is 1. The zero-order valence-corrected chi connectivity index (χ0v) is 17.9. The Kier molecular flexibility index (Phi) is 6.16. The van der Waals surface area contributed by atoms with Gasteiger partial charge in [-0.2, -0.15) is 0 Å². The van der Waals surface area contributed by atoms with Crippen molar-refractivity contribution in [1.29, 1.82) is 0 Å². The van der Waals surface area contributed by atoms with Gasteiger partial charge in [-0.3, -0.25) is 14.2 Å². The highest BCUT2D eigenvalue weighted by Crippen LogP contribution is 2.22. The van der Waals surface area contributed by atoms with Gasteiger partial charge in [0.25, 0.3) is 5.56 Å². The largest absolute Gasteiger partial charge is 0.496 e. The Balaban J connectivity index is 1.42. The standard InChI is InChI=1S/C23H27N5O3/c1-3-28-20-18(8-6-12-24-20)26-21(23(28)30)27-13-10-16(11-14-27)22(29)25-15-17-7-4-5-9-19(17)31-2/h4-9,12,16H,3,10-11,13-15H2,1-2H3,(H,25,29). The fraction of sp³-hybridized carbons (Fsp3) is 0.391. The molecular formula is C23H27N5O3. The fourth-order valence-corrected chi connectivity index (χ4v) is 4.09. The van der Waals surface area contributed by atoms with Gasteiger partial charge < -0.3 is 15.0 Å². The molecule has 0 unspecified atom stereocenters. The molecule has 1 aromatic carbocycles. The number of carbonyl (C=O) groups is 1. The number of pyridine rings is 1. The Morgan fingerprint density at radius 1 is 1.19 bits per heavy atom. The van der Waals surface area contributed by atoms with E-state index in [1.165, 1.54) is 0 Å². The van der Waals surface area contributed by atoms with E-state index in [2.05, 4.69) is 15.3 Å². The second-order valence-electron chi connectivity index (χ2n) is 7.62. The molecule has 0 atom stereocenters. The van der Waals surface area contributed by atoms with Crippen LogP contribution in [0.25, 0.3) is 11.2 Å². The Hall–Kier alpha value is -3.42. The van der Waals surface area contributed by atoms with Gasteiger partial charge in [-0.15, -0.1) is 0 Å². The predicted octanol–water partition coefficient (Wildman–Crippen LogP) is 2.35. The first-order valence-corrected chi connectivity index (χ1v) is 10.6. The first-order valence-electron chi connectivity index (χ1n) is 10.6. The Morgan fingerprint density at radius 2 is 1.97 bits per heavy atom. The summed E-state index contributed by atoms with van der Waals surface area (Å²) < 4.78 is 7.00. The monoisotopic (exact) mass is 421 g/mol. The van der Waals surface area contributed by atoms with E-state index in [9.17, 15) is 9.59 Å². The van der Waals surface area contributed by atoms with E-state index < -0.39 is 0 Å². The summed E-state index contributed by atoms with van der Waals surface area (Å²) in [5, 5.41) is 3.02. The number of aromatic nitrogens is 3. The van der Waals surface area contributed by atoms with Gasteiger partial charge in [0.2, 0.25) is 5.91 Å². The summed E-state index contributed by atoms with van der Waals surface area (Å²) in [6.07, 6.45) is 3.02. The molecule has 3 heterocycles. The molecule has 1 amide bonds. The zero-order valence-electron chi connectivity index (χ0n) is 17.9. The number of methoxy groups -OCH3 is 1. The van der Waals surface area contributed by atoms with Gasteiger partial charge in [-0.1, -0.05) is 18.2 Å². The van der Waals surface area contributed by atoms with Crippen LogP contribution < -0.4 is 20.5 Å². The van der Waals surface area contributed by atoms with Crippen LogP contribution in [0.3, 0.4) is 0 Å². The van der Waals surface area contributed by atoms with E-state index in [4.69, 9.17) is 4.74 Å². The molecule has 1 aliphatic rings. The molecular weight excluding hydrogens is 394 g/mol. The Morgan fingerprint density at radius 3 is 2.71 bits per heavy atom. The van der Waals surface area contributed by atoms with E-state index in [0.717, 1.165) is 11.3 Å². The molecule has 3 aromatic rings. The summed E-state index contributed by atoms with van der Waals surface area (Å²) in [6, 6.07) is 11.4. The predicted molar refractivity (Wildman–Crippen MR) is 119 cm³/mol. The third-order valence-corrected chi connectivity index (χ3v) is 5.81. The molecule has 0 aliphatic carbocycles. The van der Waals surface area contributed by atoms with Gasteiger partial charge in [0.1, 0.15) is 11.3 Å². The van der Waals surface area contributed by atoms with Gasteiger partial charge in [0, 0.05) is 43.9 Å². The topological polar surface area (TPSA) is 89.4 Å². The number of rotatable bonds is 6. The maximum absolute atomic E-state index is 13.0. The molecule has 1 saturated heterocycles. The smallest absolute Gasteiger partial charge is 0.295 e. The Labute approximate surface area is 180 Å². The van der Waals surface area contributed by atoms with Gasteiger partial charge in [-0.05, 0) is 38.0 Å². The van der Waals surface area contributed by atoms with Gasteiger partial charge in [0.15, 0.2) is 11.5 Å². The highest BCUT2D eigenvalue weighted by Gasteiger charge is 2.27.